The number of nitrogens with one attached hydrogen (secondary N) is 1. The van der Waals surface area contributed by atoms with Crippen molar-refractivity contribution in [3.8, 4) is 0 Å². The van der Waals surface area contributed by atoms with Gasteiger partial charge in [0.05, 0.1) is 16.7 Å². The number of nitrogens with two attached hydrogens (primary N) is 1. The van der Waals surface area contributed by atoms with Crippen LogP contribution < -0.4 is 11.1 Å². The van der Waals surface area contributed by atoms with E-state index in [1.165, 1.54) is 6.07 Å². The first-order valence-electron chi connectivity index (χ1n) is 6.37. The number of hydrogen-bond donors (Lipinski definition) is 2. The van der Waals surface area contributed by atoms with E-state index in [0.29, 0.717) is 22.1 Å². The molecule has 0 radical (unpaired) electrons. The first kappa shape index (κ1) is 16.6. The lowest BCUT2D eigenvalue weighted by Crippen LogP contribution is -2.35. The summed E-state index contributed by atoms with van der Waals surface area (Å²) in [4.78, 5) is 22.3. The molecule has 0 bridgehead atoms. The van der Waals surface area contributed by atoms with Crippen LogP contribution in [0.4, 0.5) is 11.4 Å². The number of rotatable bonds is 6. The zero-order valence-electron chi connectivity index (χ0n) is 11.5. The van der Waals surface area contributed by atoms with E-state index < -0.39 is 11.0 Å². The van der Waals surface area contributed by atoms with Crippen LogP contribution in [0.2, 0.25) is 0 Å². The largest absolute Gasteiger partial charge is 0.323 e. The summed E-state index contributed by atoms with van der Waals surface area (Å²) in [5.41, 5.74) is 6.61. The van der Waals surface area contributed by atoms with Crippen molar-refractivity contribution in [2.24, 2.45) is 5.73 Å². The molecule has 20 heavy (non-hydrogen) atoms. The predicted octanol–water partition coefficient (Wildman–Crippen LogP) is 3.12. The van der Waals surface area contributed by atoms with Gasteiger partial charge in [-0.1, -0.05) is 19.8 Å². The topological polar surface area (TPSA) is 98.3 Å². The molecule has 1 aromatic rings. The van der Waals surface area contributed by atoms with Crippen LogP contribution in [-0.2, 0) is 4.79 Å². The van der Waals surface area contributed by atoms with Crippen LogP contribution in [0, 0.1) is 17.0 Å². The molecular formula is C13H18BrN3O3. The zero-order chi connectivity index (χ0) is 15.3. The molecule has 0 aliphatic carbocycles. The van der Waals surface area contributed by atoms with Crippen molar-refractivity contribution in [2.75, 3.05) is 5.32 Å². The normalized spacial score (nSPS) is 12.0. The highest BCUT2D eigenvalue weighted by Crippen LogP contribution is 2.30. The number of nitro groups is 1. The van der Waals surface area contributed by atoms with Gasteiger partial charge in [0.1, 0.15) is 0 Å². The van der Waals surface area contributed by atoms with Crippen molar-refractivity contribution < 1.29 is 9.72 Å². The number of amides is 1. The number of unbranched alkanes of at least 4 members (excludes halogenated alkanes) is 1. The molecular weight excluding hydrogens is 326 g/mol. The maximum atomic E-state index is 11.9. The number of nitro benzene ring substituents is 1. The Hall–Kier alpha value is -1.47. The Morgan fingerprint density at radius 2 is 2.20 bits per heavy atom. The molecule has 7 heteroatoms. The van der Waals surface area contributed by atoms with E-state index >= 15 is 0 Å². The number of benzene rings is 1. The number of nitrogens with zero attached hydrogens (tertiary/aromatic N) is 1. The molecule has 0 aliphatic heterocycles. The number of aryl methyl sites for hydroxylation is 1. The number of hydrogen-bond acceptors (Lipinski definition) is 4. The fourth-order valence-electron chi connectivity index (χ4n) is 1.73. The Balaban J connectivity index is 2.89. The molecule has 3 N–H and O–H groups in total. The summed E-state index contributed by atoms with van der Waals surface area (Å²) in [7, 11) is 0. The van der Waals surface area contributed by atoms with Crippen molar-refractivity contribution >= 4 is 33.2 Å². The lowest BCUT2D eigenvalue weighted by Gasteiger charge is -2.13. The first-order chi connectivity index (χ1) is 9.36. The first-order valence-corrected chi connectivity index (χ1v) is 7.17. The van der Waals surface area contributed by atoms with E-state index in [1.807, 2.05) is 6.92 Å². The number of carbonyl (C=O) groups is 1. The third-order valence-corrected chi connectivity index (χ3v) is 3.60. The van der Waals surface area contributed by atoms with E-state index in [0.717, 1.165) is 12.8 Å². The highest BCUT2D eigenvalue weighted by atomic mass is 79.9. The Morgan fingerprint density at radius 3 is 2.75 bits per heavy atom. The van der Waals surface area contributed by atoms with E-state index in [-0.39, 0.29) is 11.6 Å². The van der Waals surface area contributed by atoms with Gasteiger partial charge >= 0.3 is 0 Å². The van der Waals surface area contributed by atoms with Crippen LogP contribution in [0.1, 0.15) is 31.7 Å². The number of halogens is 1. The maximum absolute atomic E-state index is 11.9. The summed E-state index contributed by atoms with van der Waals surface area (Å²) in [5, 5.41) is 13.5. The van der Waals surface area contributed by atoms with Crippen LogP contribution in [0.3, 0.4) is 0 Å². The van der Waals surface area contributed by atoms with Crippen LogP contribution in [0.25, 0.3) is 0 Å². The van der Waals surface area contributed by atoms with E-state index in [1.54, 1.807) is 13.0 Å². The lowest BCUT2D eigenvalue weighted by atomic mass is 10.1. The van der Waals surface area contributed by atoms with Crippen LogP contribution in [0.5, 0.6) is 0 Å². The molecule has 0 spiro atoms. The summed E-state index contributed by atoms with van der Waals surface area (Å²) in [5.74, 6) is -0.336. The molecule has 1 atom stereocenters. The average molecular weight is 344 g/mol. The summed E-state index contributed by atoms with van der Waals surface area (Å²) in [6.45, 7) is 3.66. The monoisotopic (exact) mass is 343 g/mol. The Labute approximate surface area is 126 Å². The fourth-order valence-corrected chi connectivity index (χ4v) is 2.29. The second-order valence-corrected chi connectivity index (χ2v) is 5.47. The lowest BCUT2D eigenvalue weighted by molar-refractivity contribution is -0.385. The van der Waals surface area contributed by atoms with Crippen molar-refractivity contribution in [2.45, 2.75) is 39.2 Å². The molecule has 6 nitrogen and oxygen atoms in total. The molecule has 0 aliphatic rings. The van der Waals surface area contributed by atoms with Gasteiger partial charge in [0.15, 0.2) is 0 Å². The fraction of sp³-hybridized carbons (Fsp3) is 0.462. The predicted molar refractivity (Wildman–Crippen MR) is 81.7 cm³/mol. The maximum Gasteiger partial charge on any atom is 0.274 e. The van der Waals surface area contributed by atoms with Crippen LogP contribution >= 0.6 is 15.9 Å². The molecule has 0 saturated heterocycles. The molecule has 110 valence electrons. The summed E-state index contributed by atoms with van der Waals surface area (Å²) < 4.78 is 0.594. The standard InChI is InChI=1S/C13H18BrN3O3/c1-3-4-5-10(15)13(18)16-11-7-12(17(19)20)8(2)6-9(11)14/h6-7,10H,3-5,15H2,1-2H3,(H,16,18). The molecule has 1 aromatic carbocycles. The number of carbonyl (C=O) groups excluding carboxylic acids is 1. The Kier molecular flexibility index (Phi) is 6.09. The van der Waals surface area contributed by atoms with E-state index in [2.05, 4.69) is 21.2 Å². The van der Waals surface area contributed by atoms with Crippen LogP contribution in [0.15, 0.2) is 16.6 Å². The van der Waals surface area contributed by atoms with Gasteiger partial charge in [-0.3, -0.25) is 14.9 Å². The third-order valence-electron chi connectivity index (χ3n) is 2.95. The molecule has 0 heterocycles. The Bertz CT molecular complexity index is 520. The molecule has 0 aromatic heterocycles. The van der Waals surface area contributed by atoms with Gasteiger partial charge in [-0.2, -0.15) is 0 Å². The second-order valence-electron chi connectivity index (χ2n) is 4.61. The van der Waals surface area contributed by atoms with Gasteiger partial charge in [0.2, 0.25) is 5.91 Å². The molecule has 1 amide bonds. The van der Waals surface area contributed by atoms with Gasteiger partial charge in [-0.05, 0) is 35.3 Å². The van der Waals surface area contributed by atoms with Gasteiger partial charge in [-0.15, -0.1) is 0 Å². The van der Waals surface area contributed by atoms with Crippen LogP contribution in [-0.4, -0.2) is 16.9 Å². The minimum absolute atomic E-state index is 0.0365. The molecule has 0 fully saturated rings. The molecule has 1 unspecified atom stereocenters. The molecule has 0 saturated carbocycles. The Morgan fingerprint density at radius 1 is 1.55 bits per heavy atom. The van der Waals surface area contributed by atoms with Crippen molar-refractivity contribution in [1.82, 2.24) is 0 Å². The van der Waals surface area contributed by atoms with Crippen molar-refractivity contribution in [1.29, 1.82) is 0 Å². The summed E-state index contributed by atoms with van der Waals surface area (Å²) in [6.07, 6.45) is 2.42. The zero-order valence-corrected chi connectivity index (χ0v) is 13.1. The summed E-state index contributed by atoms with van der Waals surface area (Å²) in [6, 6.07) is 2.33. The smallest absolute Gasteiger partial charge is 0.274 e. The van der Waals surface area contributed by atoms with Gasteiger partial charge in [0, 0.05) is 16.1 Å². The minimum Gasteiger partial charge on any atom is -0.323 e. The highest BCUT2D eigenvalue weighted by Gasteiger charge is 2.18. The number of anilines is 1. The quantitative estimate of drug-likeness (QED) is 0.612. The van der Waals surface area contributed by atoms with Crippen molar-refractivity contribution in [3.05, 3.63) is 32.3 Å². The highest BCUT2D eigenvalue weighted by molar-refractivity contribution is 9.10. The SMILES string of the molecule is CCCCC(N)C(=O)Nc1cc([N+](=O)[O-])c(C)cc1Br. The third kappa shape index (κ3) is 4.28. The molecule has 1 rings (SSSR count). The van der Waals surface area contributed by atoms with Gasteiger partial charge < -0.3 is 11.1 Å². The van der Waals surface area contributed by atoms with E-state index in [4.69, 9.17) is 5.73 Å². The van der Waals surface area contributed by atoms with Crippen molar-refractivity contribution in [3.63, 3.8) is 0 Å². The second kappa shape index (κ2) is 7.35. The van der Waals surface area contributed by atoms with E-state index in [9.17, 15) is 14.9 Å². The average Bonchev–Trinajstić information content (AvgIpc) is 2.38. The minimum atomic E-state index is -0.609. The summed E-state index contributed by atoms with van der Waals surface area (Å²) >= 11 is 3.28. The van der Waals surface area contributed by atoms with Gasteiger partial charge in [-0.25, -0.2) is 0 Å². The van der Waals surface area contributed by atoms with Gasteiger partial charge in [0.25, 0.3) is 5.69 Å².